The van der Waals surface area contributed by atoms with Crippen LogP contribution in [0.5, 0.6) is 11.5 Å². The molecule has 76 valence electrons. The summed E-state index contributed by atoms with van der Waals surface area (Å²) in [5.74, 6) is 1.21. The maximum atomic E-state index is 11.3. The highest BCUT2D eigenvalue weighted by molar-refractivity contribution is 9.09. The van der Waals surface area contributed by atoms with Crippen LogP contribution in [0.2, 0.25) is 0 Å². The Labute approximate surface area is 91.1 Å². The Hall–Kier alpha value is -1.03. The summed E-state index contributed by atoms with van der Waals surface area (Å²) >= 11 is 3.11. The van der Waals surface area contributed by atoms with Crippen molar-refractivity contribution < 1.29 is 14.3 Å². The van der Waals surface area contributed by atoms with E-state index in [0.717, 1.165) is 0 Å². The molecule has 0 amide bonds. The first-order chi connectivity index (χ1) is 6.72. The van der Waals surface area contributed by atoms with Gasteiger partial charge in [0, 0.05) is 5.56 Å². The van der Waals surface area contributed by atoms with Gasteiger partial charge >= 0.3 is 0 Å². The summed E-state index contributed by atoms with van der Waals surface area (Å²) in [6.07, 6.45) is 0. The summed E-state index contributed by atoms with van der Waals surface area (Å²) in [6, 6.07) is 5.10. The third-order valence-electron chi connectivity index (χ3n) is 1.83. The molecule has 1 aromatic rings. The molecule has 1 aromatic carbocycles. The van der Waals surface area contributed by atoms with E-state index < -0.39 is 0 Å². The van der Waals surface area contributed by atoms with Gasteiger partial charge in [-0.3, -0.25) is 4.79 Å². The molecule has 0 aromatic heterocycles. The van der Waals surface area contributed by atoms with Gasteiger partial charge in [-0.15, -0.1) is 0 Å². The Balaban J connectivity index is 3.07. The molecule has 0 bridgehead atoms. The molecule has 0 radical (unpaired) electrons. The molecular weight excluding hydrogens is 248 g/mol. The first kappa shape index (κ1) is 11.0. The Morgan fingerprint density at radius 1 is 1.29 bits per heavy atom. The average Bonchev–Trinajstić information content (AvgIpc) is 2.26. The number of alkyl halides is 1. The van der Waals surface area contributed by atoms with E-state index in [4.69, 9.17) is 9.47 Å². The molecule has 0 saturated heterocycles. The summed E-state index contributed by atoms with van der Waals surface area (Å²) in [4.78, 5) is 11.3. The molecule has 14 heavy (non-hydrogen) atoms. The molecule has 0 aliphatic heterocycles. The fourth-order valence-corrected chi connectivity index (χ4v) is 1.41. The predicted octanol–water partition coefficient (Wildman–Crippen LogP) is 2.28. The number of Topliss-reactive ketones (excluding diaryl/α,β-unsaturated/α-hetero) is 1. The van der Waals surface area contributed by atoms with Gasteiger partial charge in [-0.25, -0.2) is 0 Å². The molecule has 0 fully saturated rings. The lowest BCUT2D eigenvalue weighted by molar-refractivity contribution is 0.102. The minimum absolute atomic E-state index is 0.0194. The van der Waals surface area contributed by atoms with Crippen LogP contribution in [0.15, 0.2) is 18.2 Å². The Bertz CT molecular complexity index is 336. The monoisotopic (exact) mass is 258 g/mol. The van der Waals surface area contributed by atoms with E-state index in [0.29, 0.717) is 22.4 Å². The number of hydrogen-bond donors (Lipinski definition) is 0. The van der Waals surface area contributed by atoms with Crippen LogP contribution in [0.25, 0.3) is 0 Å². The van der Waals surface area contributed by atoms with Crippen LogP contribution in [0, 0.1) is 0 Å². The predicted molar refractivity (Wildman–Crippen MR) is 57.7 cm³/mol. The highest BCUT2D eigenvalue weighted by Gasteiger charge is 2.08. The minimum Gasteiger partial charge on any atom is -0.493 e. The van der Waals surface area contributed by atoms with Gasteiger partial charge in [0.25, 0.3) is 0 Å². The van der Waals surface area contributed by atoms with Crippen LogP contribution in [-0.2, 0) is 0 Å². The SMILES string of the molecule is COc1ccc(C(=O)CBr)cc1OC. The van der Waals surface area contributed by atoms with Gasteiger partial charge in [0.1, 0.15) is 0 Å². The lowest BCUT2D eigenvalue weighted by atomic mass is 10.1. The van der Waals surface area contributed by atoms with Crippen molar-refractivity contribution in [3.63, 3.8) is 0 Å². The number of halogens is 1. The molecule has 0 spiro atoms. The van der Waals surface area contributed by atoms with E-state index in [9.17, 15) is 4.79 Å². The van der Waals surface area contributed by atoms with Crippen molar-refractivity contribution in [1.29, 1.82) is 0 Å². The highest BCUT2D eigenvalue weighted by atomic mass is 79.9. The van der Waals surface area contributed by atoms with Gasteiger partial charge < -0.3 is 9.47 Å². The van der Waals surface area contributed by atoms with Crippen LogP contribution < -0.4 is 9.47 Å². The van der Waals surface area contributed by atoms with Crippen LogP contribution >= 0.6 is 15.9 Å². The van der Waals surface area contributed by atoms with E-state index in [-0.39, 0.29) is 5.78 Å². The lowest BCUT2D eigenvalue weighted by Crippen LogP contribution is -2.01. The summed E-state index contributed by atoms with van der Waals surface area (Å²) in [6.45, 7) is 0. The molecule has 3 nitrogen and oxygen atoms in total. The smallest absolute Gasteiger partial charge is 0.173 e. The summed E-state index contributed by atoms with van der Waals surface area (Å²) in [5, 5.41) is 0.308. The molecular formula is C10H11BrO3. The number of hydrogen-bond acceptors (Lipinski definition) is 3. The van der Waals surface area contributed by atoms with Crippen LogP contribution in [-0.4, -0.2) is 25.3 Å². The van der Waals surface area contributed by atoms with Crippen molar-refractivity contribution in [3.05, 3.63) is 23.8 Å². The largest absolute Gasteiger partial charge is 0.493 e. The topological polar surface area (TPSA) is 35.5 Å². The van der Waals surface area contributed by atoms with Crippen molar-refractivity contribution in [1.82, 2.24) is 0 Å². The zero-order chi connectivity index (χ0) is 10.6. The van der Waals surface area contributed by atoms with Crippen molar-refractivity contribution in [3.8, 4) is 11.5 Å². The number of rotatable bonds is 4. The van der Waals surface area contributed by atoms with Crippen molar-refractivity contribution in [2.45, 2.75) is 0 Å². The first-order valence-electron chi connectivity index (χ1n) is 4.04. The normalized spacial score (nSPS) is 9.64. The maximum absolute atomic E-state index is 11.3. The Kier molecular flexibility index (Phi) is 3.95. The van der Waals surface area contributed by atoms with Gasteiger partial charge in [-0.2, -0.15) is 0 Å². The van der Waals surface area contributed by atoms with Gasteiger partial charge in [-0.1, -0.05) is 15.9 Å². The highest BCUT2D eigenvalue weighted by Crippen LogP contribution is 2.27. The summed E-state index contributed by atoms with van der Waals surface area (Å²) < 4.78 is 10.1. The first-order valence-corrected chi connectivity index (χ1v) is 5.16. The minimum atomic E-state index is 0.0194. The van der Waals surface area contributed by atoms with E-state index in [1.807, 2.05) is 0 Å². The maximum Gasteiger partial charge on any atom is 0.173 e. The summed E-state index contributed by atoms with van der Waals surface area (Å²) in [5.41, 5.74) is 0.611. The van der Waals surface area contributed by atoms with Crippen molar-refractivity contribution >= 4 is 21.7 Å². The third-order valence-corrected chi connectivity index (χ3v) is 2.34. The number of ketones is 1. The van der Waals surface area contributed by atoms with E-state index in [1.54, 1.807) is 32.4 Å². The van der Waals surface area contributed by atoms with Gasteiger partial charge in [0.2, 0.25) is 0 Å². The molecule has 0 unspecified atom stereocenters. The molecule has 0 aliphatic rings. The third kappa shape index (κ3) is 2.26. The van der Waals surface area contributed by atoms with Gasteiger partial charge in [-0.05, 0) is 18.2 Å². The molecule has 1 rings (SSSR count). The molecule has 0 heterocycles. The molecule has 4 heteroatoms. The molecule has 0 N–H and O–H groups in total. The second-order valence-corrected chi connectivity index (χ2v) is 3.19. The molecule has 0 aliphatic carbocycles. The molecule has 0 atom stereocenters. The fourth-order valence-electron chi connectivity index (χ4n) is 1.09. The Morgan fingerprint density at radius 2 is 1.93 bits per heavy atom. The lowest BCUT2D eigenvalue weighted by Gasteiger charge is -2.08. The fraction of sp³-hybridized carbons (Fsp3) is 0.300. The Morgan fingerprint density at radius 3 is 2.43 bits per heavy atom. The van der Waals surface area contributed by atoms with E-state index >= 15 is 0 Å². The van der Waals surface area contributed by atoms with Crippen molar-refractivity contribution in [2.24, 2.45) is 0 Å². The van der Waals surface area contributed by atoms with Crippen LogP contribution in [0.3, 0.4) is 0 Å². The van der Waals surface area contributed by atoms with Crippen molar-refractivity contribution in [2.75, 3.05) is 19.5 Å². The quantitative estimate of drug-likeness (QED) is 0.614. The number of benzene rings is 1. The number of ether oxygens (including phenoxy) is 2. The zero-order valence-corrected chi connectivity index (χ0v) is 9.63. The average molecular weight is 259 g/mol. The standard InChI is InChI=1S/C10H11BrO3/c1-13-9-4-3-7(8(12)6-11)5-10(9)14-2/h3-5H,6H2,1-2H3. The van der Waals surface area contributed by atoms with Gasteiger partial charge in [0.05, 0.1) is 19.5 Å². The number of carbonyl (C=O) groups is 1. The van der Waals surface area contributed by atoms with Crippen LogP contribution in [0.4, 0.5) is 0 Å². The summed E-state index contributed by atoms with van der Waals surface area (Å²) in [7, 11) is 3.10. The van der Waals surface area contributed by atoms with E-state index in [2.05, 4.69) is 15.9 Å². The second kappa shape index (κ2) is 5.00. The van der Waals surface area contributed by atoms with E-state index in [1.165, 1.54) is 0 Å². The number of methoxy groups -OCH3 is 2. The zero-order valence-electron chi connectivity index (χ0n) is 8.04. The number of carbonyl (C=O) groups excluding carboxylic acids is 1. The molecule has 0 saturated carbocycles. The van der Waals surface area contributed by atoms with Gasteiger partial charge in [0.15, 0.2) is 17.3 Å². The van der Waals surface area contributed by atoms with Crippen LogP contribution in [0.1, 0.15) is 10.4 Å². The second-order valence-electron chi connectivity index (χ2n) is 2.63.